The zero-order valence-corrected chi connectivity index (χ0v) is 23.2. The van der Waals surface area contributed by atoms with Gasteiger partial charge in [-0.2, -0.15) is 14.6 Å². The third kappa shape index (κ3) is 5.51. The lowest BCUT2D eigenvalue weighted by Crippen LogP contribution is -2.27. The van der Waals surface area contributed by atoms with E-state index in [0.717, 1.165) is 6.42 Å². The Morgan fingerprint density at radius 1 is 1.12 bits per heavy atom. The van der Waals surface area contributed by atoms with Crippen LogP contribution in [0.2, 0.25) is 0 Å². The van der Waals surface area contributed by atoms with Gasteiger partial charge in [0.25, 0.3) is 5.56 Å². The fourth-order valence-corrected chi connectivity index (χ4v) is 6.09. The minimum absolute atomic E-state index is 0.218. The fourth-order valence-electron chi connectivity index (χ4n) is 4.75. The van der Waals surface area contributed by atoms with Crippen molar-refractivity contribution < 1.29 is 17.9 Å². The number of hydrogen-bond acceptors (Lipinski definition) is 7. The number of pyridine rings is 1. The Kier molecular flexibility index (Phi) is 8.45. The molecule has 206 valence electrons. The minimum atomic E-state index is -4.50. The summed E-state index contributed by atoms with van der Waals surface area (Å²) < 4.78 is 42.6. The topological polar surface area (TPSA) is 126 Å². The number of sulfone groups is 1. The highest BCUT2D eigenvalue weighted by molar-refractivity contribution is 7.91. The first-order chi connectivity index (χ1) is 19.1. The number of aromatic hydroxyl groups is 1. The van der Waals surface area contributed by atoms with Crippen molar-refractivity contribution in [3.63, 3.8) is 0 Å². The predicted octanol–water partition coefficient (Wildman–Crippen LogP) is 5.50. The highest BCUT2D eigenvalue weighted by atomic mass is 32.2. The van der Waals surface area contributed by atoms with Gasteiger partial charge in [0.1, 0.15) is 5.82 Å². The third-order valence-electron chi connectivity index (χ3n) is 6.80. The number of rotatable bonds is 9. The first-order valence-electron chi connectivity index (χ1n) is 12.9. The summed E-state index contributed by atoms with van der Waals surface area (Å²) in [5.41, 5.74) is 1.86. The van der Waals surface area contributed by atoms with Crippen LogP contribution in [0, 0.1) is 24.2 Å². The molecular weight excluding hydrogens is 531 g/mol. The molecule has 0 radical (unpaired) electrons. The molecule has 2 aromatic carbocycles. The van der Waals surface area contributed by atoms with Crippen LogP contribution in [0.4, 0.5) is 4.39 Å². The number of unbranched alkanes of at least 4 members (excludes halogenated alkanes) is 1. The highest BCUT2D eigenvalue weighted by Gasteiger charge is 2.32. The van der Waals surface area contributed by atoms with Gasteiger partial charge in [-0.3, -0.25) is 9.36 Å². The van der Waals surface area contributed by atoms with Gasteiger partial charge in [0, 0.05) is 18.7 Å². The molecule has 2 heterocycles. The molecule has 4 aromatic rings. The average molecular weight is 561 g/mol. The Labute approximate surface area is 232 Å². The van der Waals surface area contributed by atoms with Crippen molar-refractivity contribution in [2.75, 3.05) is 0 Å². The first kappa shape index (κ1) is 28.6. The second-order valence-electron chi connectivity index (χ2n) is 9.47. The molecule has 0 aliphatic heterocycles. The summed E-state index contributed by atoms with van der Waals surface area (Å²) in [6, 6.07) is 15.2. The molecule has 1 atom stereocenters. The van der Waals surface area contributed by atoms with Crippen LogP contribution in [-0.2, 0) is 16.3 Å². The van der Waals surface area contributed by atoms with Gasteiger partial charge in [-0.25, -0.2) is 13.4 Å². The standard InChI is InChI=1S/C30H29FN4O4S/c1-4-6-10-27-34-29(36)28(30(37)35(27)25(5-2)22-9-7-8-20(15-22)17-32)40(38,39)23-13-11-21(12-14-23)24-16-26(31)33-18-19(24)3/h7-9,11-16,18,25,37H,4-6,10H2,1-3H3/t25-/m0/s1. The van der Waals surface area contributed by atoms with Crippen molar-refractivity contribution >= 4 is 9.84 Å². The Morgan fingerprint density at radius 3 is 2.50 bits per heavy atom. The number of halogens is 1. The number of hydrogen-bond donors (Lipinski definition) is 1. The minimum Gasteiger partial charge on any atom is -0.493 e. The second-order valence-corrected chi connectivity index (χ2v) is 11.4. The third-order valence-corrected chi connectivity index (χ3v) is 8.59. The van der Waals surface area contributed by atoms with E-state index in [1.165, 1.54) is 41.1 Å². The molecule has 0 aliphatic rings. The smallest absolute Gasteiger partial charge is 0.296 e. The molecule has 4 rings (SSSR count). The van der Waals surface area contributed by atoms with Crippen LogP contribution in [-0.4, -0.2) is 28.1 Å². The van der Waals surface area contributed by atoms with Gasteiger partial charge in [-0.1, -0.05) is 44.5 Å². The molecule has 2 aromatic heterocycles. The maximum atomic E-state index is 13.7. The van der Waals surface area contributed by atoms with E-state index < -0.39 is 38.2 Å². The number of aromatic nitrogens is 3. The van der Waals surface area contributed by atoms with Crippen LogP contribution >= 0.6 is 0 Å². The first-order valence-corrected chi connectivity index (χ1v) is 14.4. The molecule has 0 bridgehead atoms. The molecule has 0 aliphatic carbocycles. The molecule has 0 saturated carbocycles. The molecule has 0 unspecified atom stereocenters. The summed E-state index contributed by atoms with van der Waals surface area (Å²) in [6.45, 7) is 5.59. The van der Waals surface area contributed by atoms with Gasteiger partial charge >= 0.3 is 0 Å². The molecule has 40 heavy (non-hydrogen) atoms. The van der Waals surface area contributed by atoms with Crippen molar-refractivity contribution in [2.45, 2.75) is 62.3 Å². The predicted molar refractivity (Wildman–Crippen MR) is 148 cm³/mol. The summed E-state index contributed by atoms with van der Waals surface area (Å²) in [4.78, 5) is 19.9. The maximum absolute atomic E-state index is 13.7. The summed E-state index contributed by atoms with van der Waals surface area (Å²) in [5, 5.41) is 20.9. The number of benzene rings is 2. The number of aryl methyl sites for hydroxylation is 2. The van der Waals surface area contributed by atoms with Gasteiger partial charge in [-0.05, 0) is 66.3 Å². The van der Waals surface area contributed by atoms with Gasteiger partial charge in [0.15, 0.2) is 4.90 Å². The number of nitrogens with zero attached hydrogens (tertiary/aromatic N) is 4. The zero-order chi connectivity index (χ0) is 29.0. The molecule has 0 spiro atoms. The van der Waals surface area contributed by atoms with E-state index >= 15 is 0 Å². The molecule has 0 fully saturated rings. The van der Waals surface area contributed by atoms with Gasteiger partial charge in [-0.15, -0.1) is 0 Å². The van der Waals surface area contributed by atoms with Crippen LogP contribution < -0.4 is 5.56 Å². The molecule has 0 saturated heterocycles. The largest absolute Gasteiger partial charge is 0.493 e. The fraction of sp³-hybridized carbons (Fsp3) is 0.267. The summed E-state index contributed by atoms with van der Waals surface area (Å²) in [5.74, 6) is -1.10. The summed E-state index contributed by atoms with van der Waals surface area (Å²) in [7, 11) is -4.50. The lowest BCUT2D eigenvalue weighted by molar-refractivity contribution is 0.358. The quantitative estimate of drug-likeness (QED) is 0.268. The Hall–Kier alpha value is -4.36. The monoisotopic (exact) mass is 560 g/mol. The van der Waals surface area contributed by atoms with Gasteiger partial charge in [0.05, 0.1) is 22.6 Å². The van der Waals surface area contributed by atoms with Crippen LogP contribution in [0.1, 0.15) is 61.7 Å². The van der Waals surface area contributed by atoms with Crippen molar-refractivity contribution in [1.82, 2.24) is 14.5 Å². The van der Waals surface area contributed by atoms with E-state index in [9.17, 15) is 28.0 Å². The van der Waals surface area contributed by atoms with Crippen LogP contribution in [0.15, 0.2) is 75.4 Å². The van der Waals surface area contributed by atoms with E-state index in [-0.39, 0.29) is 10.7 Å². The van der Waals surface area contributed by atoms with E-state index in [2.05, 4.69) is 16.0 Å². The van der Waals surface area contributed by atoms with Gasteiger partial charge < -0.3 is 5.11 Å². The van der Waals surface area contributed by atoms with Crippen LogP contribution in [0.25, 0.3) is 11.1 Å². The Morgan fingerprint density at radius 2 is 1.85 bits per heavy atom. The molecule has 10 heteroatoms. The molecule has 0 amide bonds. The second kappa shape index (κ2) is 11.8. The Bertz CT molecular complexity index is 1760. The lowest BCUT2D eigenvalue weighted by Gasteiger charge is -2.25. The molecule has 8 nitrogen and oxygen atoms in total. The lowest BCUT2D eigenvalue weighted by atomic mass is 10.0. The normalized spacial score (nSPS) is 12.2. The van der Waals surface area contributed by atoms with E-state index in [1.54, 1.807) is 31.2 Å². The molecular formula is C30H29FN4O4S. The maximum Gasteiger partial charge on any atom is 0.296 e. The van der Waals surface area contributed by atoms with E-state index in [0.29, 0.717) is 47.1 Å². The summed E-state index contributed by atoms with van der Waals surface area (Å²) in [6.07, 6.45) is 3.64. The van der Waals surface area contributed by atoms with Crippen molar-refractivity contribution in [2.24, 2.45) is 0 Å². The zero-order valence-electron chi connectivity index (χ0n) is 22.4. The summed E-state index contributed by atoms with van der Waals surface area (Å²) >= 11 is 0. The SMILES string of the molecule is CCCCc1nc(=O)c(S(=O)(=O)c2ccc(-c3cc(F)ncc3C)cc2)c(O)n1[C@@H](CC)c1cccc(C#N)c1. The average Bonchev–Trinajstić information content (AvgIpc) is 2.94. The van der Waals surface area contributed by atoms with Crippen molar-refractivity contribution in [3.05, 3.63) is 99.6 Å². The van der Waals surface area contributed by atoms with E-state index in [4.69, 9.17) is 0 Å². The van der Waals surface area contributed by atoms with Crippen LogP contribution in [0.3, 0.4) is 0 Å². The van der Waals surface area contributed by atoms with Gasteiger partial charge in [0.2, 0.25) is 21.7 Å². The van der Waals surface area contributed by atoms with Crippen LogP contribution in [0.5, 0.6) is 5.88 Å². The molecule has 1 N–H and O–H groups in total. The Balaban J connectivity index is 1.88. The van der Waals surface area contributed by atoms with Crippen molar-refractivity contribution in [3.8, 4) is 23.1 Å². The number of nitriles is 1. The van der Waals surface area contributed by atoms with E-state index in [1.807, 2.05) is 13.8 Å². The highest BCUT2D eigenvalue weighted by Crippen LogP contribution is 2.34. The van der Waals surface area contributed by atoms with Crippen molar-refractivity contribution in [1.29, 1.82) is 5.26 Å².